The fraction of sp³-hybridized carbons (Fsp3) is 1.00. The molecule has 0 amide bonds. The summed E-state index contributed by atoms with van der Waals surface area (Å²) in [6.07, 6.45) is 1.70. The first-order valence-electron chi connectivity index (χ1n) is 4.43. The molecule has 0 aromatic carbocycles. The molecular formula is C9H19NO. The number of methoxy groups -OCH3 is 1. The van der Waals surface area contributed by atoms with Crippen LogP contribution in [0.1, 0.15) is 20.3 Å². The third-order valence-corrected chi connectivity index (χ3v) is 2.63. The molecule has 0 heterocycles. The van der Waals surface area contributed by atoms with Crippen LogP contribution in [0.2, 0.25) is 0 Å². The van der Waals surface area contributed by atoms with E-state index >= 15 is 0 Å². The van der Waals surface area contributed by atoms with E-state index in [1.165, 1.54) is 6.42 Å². The minimum Gasteiger partial charge on any atom is -0.381 e. The zero-order valence-corrected chi connectivity index (χ0v) is 7.71. The zero-order chi connectivity index (χ0) is 8.43. The quantitative estimate of drug-likeness (QED) is 0.666. The van der Waals surface area contributed by atoms with E-state index in [1.54, 1.807) is 7.11 Å². The second-order valence-corrected chi connectivity index (χ2v) is 3.84. The average molecular weight is 157 g/mol. The summed E-state index contributed by atoms with van der Waals surface area (Å²) in [6.45, 7) is 5.25. The molecule has 1 saturated carbocycles. The molecule has 3 atom stereocenters. The van der Waals surface area contributed by atoms with Crippen LogP contribution in [0.4, 0.5) is 0 Å². The minimum absolute atomic E-state index is 0.434. The van der Waals surface area contributed by atoms with Gasteiger partial charge in [-0.15, -0.1) is 0 Å². The maximum Gasteiger partial charge on any atom is 0.0625 e. The number of hydrogen-bond acceptors (Lipinski definition) is 2. The smallest absolute Gasteiger partial charge is 0.0625 e. The molecule has 2 heteroatoms. The van der Waals surface area contributed by atoms with Gasteiger partial charge in [0.05, 0.1) is 6.10 Å². The van der Waals surface area contributed by atoms with E-state index in [2.05, 4.69) is 13.8 Å². The Kier molecular flexibility index (Phi) is 2.90. The maximum absolute atomic E-state index is 5.56. The second-order valence-electron chi connectivity index (χ2n) is 3.84. The van der Waals surface area contributed by atoms with Gasteiger partial charge in [-0.1, -0.05) is 13.8 Å². The standard InChI is InChI=1S/C9H19NO/c1-6(2)9(11-3)8-4-7(8)5-10/h6-9H,4-5,10H2,1-3H3. The van der Waals surface area contributed by atoms with Gasteiger partial charge in [0, 0.05) is 7.11 Å². The number of nitrogens with two attached hydrogens (primary N) is 1. The number of hydrogen-bond donors (Lipinski definition) is 1. The first-order valence-corrected chi connectivity index (χ1v) is 4.43. The first-order chi connectivity index (χ1) is 5.20. The van der Waals surface area contributed by atoms with E-state index in [4.69, 9.17) is 10.5 Å². The highest BCUT2D eigenvalue weighted by Gasteiger charge is 2.43. The first kappa shape index (κ1) is 9.01. The average Bonchev–Trinajstić information content (AvgIpc) is 2.68. The fourth-order valence-corrected chi connectivity index (χ4v) is 1.89. The third kappa shape index (κ3) is 1.94. The topological polar surface area (TPSA) is 35.2 Å². The van der Waals surface area contributed by atoms with Crippen molar-refractivity contribution in [3.8, 4) is 0 Å². The summed E-state index contributed by atoms with van der Waals surface area (Å²) in [5.74, 6) is 2.11. The summed E-state index contributed by atoms with van der Waals surface area (Å²) in [5, 5.41) is 0. The number of ether oxygens (including phenoxy) is 1. The van der Waals surface area contributed by atoms with Crippen molar-refractivity contribution in [1.29, 1.82) is 0 Å². The van der Waals surface area contributed by atoms with Crippen LogP contribution >= 0.6 is 0 Å². The highest BCUT2D eigenvalue weighted by molar-refractivity contribution is 4.93. The zero-order valence-electron chi connectivity index (χ0n) is 7.71. The summed E-state index contributed by atoms with van der Waals surface area (Å²) in [6, 6.07) is 0. The molecule has 11 heavy (non-hydrogen) atoms. The van der Waals surface area contributed by atoms with Gasteiger partial charge in [-0.3, -0.25) is 0 Å². The lowest BCUT2D eigenvalue weighted by molar-refractivity contribution is 0.0434. The Labute approximate surface area is 69.1 Å². The molecule has 0 bridgehead atoms. The summed E-state index contributed by atoms with van der Waals surface area (Å²) >= 11 is 0. The van der Waals surface area contributed by atoms with Crippen molar-refractivity contribution in [1.82, 2.24) is 0 Å². The Hall–Kier alpha value is -0.0800. The highest BCUT2D eigenvalue weighted by atomic mass is 16.5. The molecule has 66 valence electrons. The molecule has 1 rings (SSSR count). The van der Waals surface area contributed by atoms with Crippen LogP contribution in [0.25, 0.3) is 0 Å². The lowest BCUT2D eigenvalue weighted by Crippen LogP contribution is -2.22. The summed E-state index contributed by atoms with van der Waals surface area (Å²) in [7, 11) is 1.80. The van der Waals surface area contributed by atoms with E-state index in [0.717, 1.165) is 18.4 Å². The van der Waals surface area contributed by atoms with Crippen molar-refractivity contribution in [3.63, 3.8) is 0 Å². The molecule has 0 spiro atoms. The van der Waals surface area contributed by atoms with Gasteiger partial charge < -0.3 is 10.5 Å². The van der Waals surface area contributed by atoms with Crippen LogP contribution in [0.3, 0.4) is 0 Å². The molecular weight excluding hydrogens is 138 g/mol. The van der Waals surface area contributed by atoms with Crippen LogP contribution in [-0.4, -0.2) is 19.8 Å². The predicted molar refractivity (Wildman–Crippen MR) is 46.3 cm³/mol. The van der Waals surface area contributed by atoms with Gasteiger partial charge >= 0.3 is 0 Å². The molecule has 0 saturated heterocycles. The van der Waals surface area contributed by atoms with Crippen LogP contribution in [0.15, 0.2) is 0 Å². The van der Waals surface area contributed by atoms with E-state index < -0.39 is 0 Å². The molecule has 2 nitrogen and oxygen atoms in total. The Morgan fingerprint density at radius 2 is 2.18 bits per heavy atom. The second kappa shape index (κ2) is 3.55. The lowest BCUT2D eigenvalue weighted by Gasteiger charge is -2.18. The van der Waals surface area contributed by atoms with Crippen molar-refractivity contribution in [3.05, 3.63) is 0 Å². The normalized spacial score (nSPS) is 32.5. The predicted octanol–water partition coefficient (Wildman–Crippen LogP) is 1.25. The Bertz CT molecular complexity index is 125. The van der Waals surface area contributed by atoms with Crippen molar-refractivity contribution >= 4 is 0 Å². The summed E-state index contributed by atoms with van der Waals surface area (Å²) in [4.78, 5) is 0. The van der Waals surface area contributed by atoms with E-state index in [0.29, 0.717) is 12.0 Å². The minimum atomic E-state index is 0.434. The van der Waals surface area contributed by atoms with Gasteiger partial charge in [-0.2, -0.15) is 0 Å². The molecule has 0 aromatic heterocycles. The largest absolute Gasteiger partial charge is 0.381 e. The van der Waals surface area contributed by atoms with E-state index in [1.807, 2.05) is 0 Å². The Morgan fingerprint density at radius 3 is 2.45 bits per heavy atom. The lowest BCUT2D eigenvalue weighted by atomic mass is 10.0. The van der Waals surface area contributed by atoms with Gasteiger partial charge in [0.15, 0.2) is 0 Å². The van der Waals surface area contributed by atoms with Gasteiger partial charge in [-0.05, 0) is 30.7 Å². The van der Waals surface area contributed by atoms with Crippen molar-refractivity contribution < 1.29 is 4.74 Å². The molecule has 2 N–H and O–H groups in total. The van der Waals surface area contributed by atoms with Crippen LogP contribution < -0.4 is 5.73 Å². The Morgan fingerprint density at radius 1 is 1.55 bits per heavy atom. The third-order valence-electron chi connectivity index (χ3n) is 2.63. The van der Waals surface area contributed by atoms with Gasteiger partial charge in [0.1, 0.15) is 0 Å². The monoisotopic (exact) mass is 157 g/mol. The van der Waals surface area contributed by atoms with Crippen LogP contribution in [0.5, 0.6) is 0 Å². The van der Waals surface area contributed by atoms with Gasteiger partial charge in [0.25, 0.3) is 0 Å². The Balaban J connectivity index is 2.33. The summed E-state index contributed by atoms with van der Waals surface area (Å²) < 4.78 is 5.41. The van der Waals surface area contributed by atoms with Crippen molar-refractivity contribution in [2.24, 2.45) is 23.5 Å². The maximum atomic E-state index is 5.56. The fourth-order valence-electron chi connectivity index (χ4n) is 1.89. The number of rotatable bonds is 4. The molecule has 1 aliphatic rings. The van der Waals surface area contributed by atoms with Crippen LogP contribution in [-0.2, 0) is 4.74 Å². The van der Waals surface area contributed by atoms with Crippen molar-refractivity contribution in [2.45, 2.75) is 26.4 Å². The molecule has 3 unspecified atom stereocenters. The van der Waals surface area contributed by atoms with Gasteiger partial charge in [0.2, 0.25) is 0 Å². The highest BCUT2D eigenvalue weighted by Crippen LogP contribution is 2.43. The molecule has 0 radical (unpaired) electrons. The SMILES string of the molecule is COC(C(C)C)C1CC1CN. The van der Waals surface area contributed by atoms with E-state index in [9.17, 15) is 0 Å². The van der Waals surface area contributed by atoms with Crippen LogP contribution in [0, 0.1) is 17.8 Å². The van der Waals surface area contributed by atoms with Gasteiger partial charge in [-0.25, -0.2) is 0 Å². The molecule has 1 aliphatic carbocycles. The summed E-state index contributed by atoms with van der Waals surface area (Å²) in [5.41, 5.74) is 5.56. The van der Waals surface area contributed by atoms with E-state index in [-0.39, 0.29) is 0 Å². The van der Waals surface area contributed by atoms with Crippen molar-refractivity contribution in [2.75, 3.05) is 13.7 Å². The molecule has 0 aliphatic heterocycles. The molecule has 0 aromatic rings. The molecule has 1 fully saturated rings.